The molecule has 1 N–H and O–H groups in total. The van der Waals surface area contributed by atoms with Gasteiger partial charge in [0.2, 0.25) is 5.88 Å². The Labute approximate surface area is 194 Å². The smallest absolute Gasteiger partial charge is 0.243 e. The van der Waals surface area contributed by atoms with Gasteiger partial charge >= 0.3 is 0 Å². The number of rotatable bonds is 7. The molecule has 4 aromatic rings. The molecule has 0 radical (unpaired) electrons. The third-order valence-electron chi connectivity index (χ3n) is 5.29. The molecule has 2 aromatic carbocycles. The minimum Gasteiger partial charge on any atom is -0.437 e. The number of pyridine rings is 1. The van der Waals surface area contributed by atoms with Crippen molar-refractivity contribution in [2.75, 3.05) is 5.32 Å². The number of ether oxygens (including phenoxy) is 1. The number of anilines is 2. The molecule has 33 heavy (non-hydrogen) atoms. The maximum absolute atomic E-state index is 9.58. The zero-order valence-electron chi connectivity index (χ0n) is 19.1. The van der Waals surface area contributed by atoms with Crippen LogP contribution >= 0.6 is 0 Å². The molecule has 0 amide bonds. The molecular weight excluding hydrogens is 410 g/mol. The maximum Gasteiger partial charge on any atom is 0.243 e. The summed E-state index contributed by atoms with van der Waals surface area (Å²) in [6.45, 7) is 7.07. The second-order valence-corrected chi connectivity index (χ2v) is 8.81. The van der Waals surface area contributed by atoms with Crippen molar-refractivity contribution in [3.8, 4) is 17.7 Å². The Bertz CT molecular complexity index is 1270. The lowest BCUT2D eigenvalue weighted by Crippen LogP contribution is -2.12. The zero-order valence-corrected chi connectivity index (χ0v) is 19.1. The fourth-order valence-electron chi connectivity index (χ4n) is 3.60. The molecule has 6 heteroatoms. The van der Waals surface area contributed by atoms with Gasteiger partial charge in [-0.2, -0.15) is 10.4 Å². The molecule has 0 saturated heterocycles. The third-order valence-corrected chi connectivity index (χ3v) is 5.29. The van der Waals surface area contributed by atoms with Crippen LogP contribution in [0.5, 0.6) is 11.6 Å². The first-order valence-corrected chi connectivity index (χ1v) is 11.0. The van der Waals surface area contributed by atoms with Crippen LogP contribution in [0.15, 0.2) is 79.0 Å². The van der Waals surface area contributed by atoms with Gasteiger partial charge in [0.15, 0.2) is 5.82 Å². The van der Waals surface area contributed by atoms with Crippen molar-refractivity contribution in [2.24, 2.45) is 0 Å². The van der Waals surface area contributed by atoms with Crippen LogP contribution in [0.25, 0.3) is 0 Å². The number of nitrogens with one attached hydrogen (secondary N) is 1. The highest BCUT2D eigenvalue weighted by molar-refractivity contribution is 5.63. The number of nitrogens with zero attached hydrogens (tertiary/aromatic N) is 4. The summed E-state index contributed by atoms with van der Waals surface area (Å²) in [6, 6.07) is 25.8. The van der Waals surface area contributed by atoms with E-state index in [0.29, 0.717) is 29.6 Å². The molecule has 0 fully saturated rings. The summed E-state index contributed by atoms with van der Waals surface area (Å²) < 4.78 is 7.96. The second kappa shape index (κ2) is 9.58. The number of nitriles is 1. The average Bonchev–Trinajstić information content (AvgIpc) is 3.21. The number of aromatic nitrogens is 3. The van der Waals surface area contributed by atoms with E-state index in [1.165, 1.54) is 5.56 Å². The normalized spacial score (nSPS) is 11.1. The van der Waals surface area contributed by atoms with E-state index in [1.54, 1.807) is 16.9 Å². The highest BCUT2D eigenvalue weighted by Gasteiger charge is 2.20. The Hall–Kier alpha value is -4.11. The fourth-order valence-corrected chi connectivity index (χ4v) is 3.60. The van der Waals surface area contributed by atoms with Crippen molar-refractivity contribution in [1.29, 1.82) is 5.26 Å². The number of hydrogen-bond donors (Lipinski definition) is 1. The zero-order chi connectivity index (χ0) is 23.3. The monoisotopic (exact) mass is 437 g/mol. The summed E-state index contributed by atoms with van der Waals surface area (Å²) in [5.41, 5.74) is 3.40. The highest BCUT2D eigenvalue weighted by atomic mass is 16.5. The van der Waals surface area contributed by atoms with E-state index in [1.807, 2.05) is 48.5 Å². The van der Waals surface area contributed by atoms with Gasteiger partial charge in [0.05, 0.1) is 0 Å². The van der Waals surface area contributed by atoms with Crippen molar-refractivity contribution in [2.45, 2.75) is 39.2 Å². The highest BCUT2D eigenvalue weighted by Crippen LogP contribution is 2.36. The lowest BCUT2D eigenvalue weighted by Gasteiger charge is -2.22. The molecule has 0 aliphatic rings. The average molecular weight is 438 g/mol. The van der Waals surface area contributed by atoms with Crippen LogP contribution in [0.2, 0.25) is 0 Å². The molecular formula is C27H27N5O. The maximum atomic E-state index is 9.58. The quantitative estimate of drug-likeness (QED) is 0.371. The third kappa shape index (κ3) is 5.39. The molecule has 166 valence electrons. The molecule has 0 unspecified atom stereocenters. The van der Waals surface area contributed by atoms with Crippen molar-refractivity contribution in [1.82, 2.24) is 14.8 Å². The second-order valence-electron chi connectivity index (χ2n) is 8.81. The molecule has 6 nitrogen and oxygen atoms in total. The minimum absolute atomic E-state index is 0.0712. The van der Waals surface area contributed by atoms with Crippen LogP contribution in [0.4, 0.5) is 11.5 Å². The Morgan fingerprint density at radius 1 is 1.00 bits per heavy atom. The van der Waals surface area contributed by atoms with Gasteiger partial charge in [0.1, 0.15) is 23.2 Å². The molecule has 0 aliphatic heterocycles. The van der Waals surface area contributed by atoms with Gasteiger partial charge in [-0.3, -0.25) is 4.68 Å². The lowest BCUT2D eigenvalue weighted by molar-refractivity contribution is 0.442. The molecule has 2 aromatic heterocycles. The standard InChI is InChI=1S/C27H27N5O/c1-27(2,3)22-12-7-8-14-24(22)33-26-23(13-9-16-29-26)30-25-18-21(19-28)32(31-25)17-15-20-10-5-4-6-11-20/h4-14,16,18H,15,17H2,1-3H3,(H,30,31). The van der Waals surface area contributed by atoms with Crippen LogP contribution in [-0.2, 0) is 18.4 Å². The molecule has 4 rings (SSSR count). The number of hydrogen-bond acceptors (Lipinski definition) is 5. The summed E-state index contributed by atoms with van der Waals surface area (Å²) in [6.07, 6.45) is 2.49. The lowest BCUT2D eigenvalue weighted by atomic mass is 9.86. The fraction of sp³-hybridized carbons (Fsp3) is 0.222. The van der Waals surface area contributed by atoms with Gasteiger partial charge in [-0.05, 0) is 35.6 Å². The summed E-state index contributed by atoms with van der Waals surface area (Å²) >= 11 is 0. The van der Waals surface area contributed by atoms with E-state index >= 15 is 0 Å². The SMILES string of the molecule is CC(C)(C)c1ccccc1Oc1ncccc1Nc1cc(C#N)n(CCc2ccccc2)n1. The van der Waals surface area contributed by atoms with E-state index in [2.05, 4.69) is 60.4 Å². The predicted octanol–water partition coefficient (Wildman–Crippen LogP) is 6.23. The van der Waals surface area contributed by atoms with E-state index in [-0.39, 0.29) is 5.41 Å². The van der Waals surface area contributed by atoms with Crippen LogP contribution in [-0.4, -0.2) is 14.8 Å². The van der Waals surface area contributed by atoms with E-state index in [4.69, 9.17) is 4.74 Å². The first kappa shape index (κ1) is 22.1. The predicted molar refractivity (Wildman–Crippen MR) is 130 cm³/mol. The Balaban J connectivity index is 1.55. The van der Waals surface area contributed by atoms with E-state index in [9.17, 15) is 5.26 Å². The number of benzene rings is 2. The van der Waals surface area contributed by atoms with Crippen molar-refractivity contribution >= 4 is 11.5 Å². The molecule has 0 saturated carbocycles. The van der Waals surface area contributed by atoms with Gasteiger partial charge in [-0.1, -0.05) is 69.3 Å². The minimum atomic E-state index is -0.0712. The summed E-state index contributed by atoms with van der Waals surface area (Å²) in [4.78, 5) is 4.43. The van der Waals surface area contributed by atoms with Crippen LogP contribution in [0.1, 0.15) is 37.6 Å². The van der Waals surface area contributed by atoms with Crippen LogP contribution < -0.4 is 10.1 Å². The van der Waals surface area contributed by atoms with Crippen molar-refractivity contribution in [3.63, 3.8) is 0 Å². The van der Waals surface area contributed by atoms with Crippen molar-refractivity contribution in [3.05, 3.63) is 95.8 Å². The van der Waals surface area contributed by atoms with Crippen LogP contribution in [0, 0.1) is 11.3 Å². The molecule has 0 aliphatic carbocycles. The first-order valence-electron chi connectivity index (χ1n) is 11.0. The Morgan fingerprint density at radius 2 is 1.76 bits per heavy atom. The number of para-hydroxylation sites is 1. The first-order chi connectivity index (χ1) is 15.9. The van der Waals surface area contributed by atoms with Crippen molar-refractivity contribution < 1.29 is 4.74 Å². The molecule has 0 atom stereocenters. The van der Waals surface area contributed by atoms with E-state index in [0.717, 1.165) is 17.7 Å². The topological polar surface area (TPSA) is 75.8 Å². The largest absolute Gasteiger partial charge is 0.437 e. The van der Waals surface area contributed by atoms with Crippen LogP contribution in [0.3, 0.4) is 0 Å². The van der Waals surface area contributed by atoms with Gasteiger partial charge in [0.25, 0.3) is 0 Å². The summed E-state index contributed by atoms with van der Waals surface area (Å²) in [5.74, 6) is 1.78. The summed E-state index contributed by atoms with van der Waals surface area (Å²) in [7, 11) is 0. The van der Waals surface area contributed by atoms with E-state index < -0.39 is 0 Å². The van der Waals surface area contributed by atoms with Gasteiger partial charge < -0.3 is 10.1 Å². The Kier molecular flexibility index (Phi) is 6.41. The Morgan fingerprint density at radius 3 is 2.52 bits per heavy atom. The molecule has 0 spiro atoms. The van der Waals surface area contributed by atoms with Gasteiger partial charge in [-0.25, -0.2) is 4.98 Å². The number of aryl methyl sites for hydroxylation is 2. The molecule has 0 bridgehead atoms. The summed E-state index contributed by atoms with van der Waals surface area (Å²) in [5, 5.41) is 17.4. The van der Waals surface area contributed by atoms with Gasteiger partial charge in [-0.15, -0.1) is 0 Å². The molecule has 2 heterocycles. The van der Waals surface area contributed by atoms with Gasteiger partial charge in [0, 0.05) is 24.4 Å².